The Hall–Kier alpha value is -2.18. The molecule has 5 nitrogen and oxygen atoms in total. The van der Waals surface area contributed by atoms with Gasteiger partial charge in [-0.2, -0.15) is 4.31 Å². The number of fused-ring (bicyclic) bond motifs is 1. The van der Waals surface area contributed by atoms with Crippen LogP contribution in [0, 0.1) is 0 Å². The lowest BCUT2D eigenvalue weighted by atomic mass is 10.1. The van der Waals surface area contributed by atoms with Crippen molar-refractivity contribution >= 4 is 26.7 Å². The molecule has 126 valence electrons. The van der Waals surface area contributed by atoms with Crippen LogP contribution >= 0.6 is 0 Å². The number of nitrogens with one attached hydrogen (secondary N) is 1. The van der Waals surface area contributed by atoms with Crippen LogP contribution in [-0.2, 0) is 14.8 Å². The first-order chi connectivity index (χ1) is 11.5. The molecule has 0 aliphatic carbocycles. The first-order valence-corrected chi connectivity index (χ1v) is 9.37. The highest BCUT2D eigenvalue weighted by atomic mass is 32.2. The van der Waals surface area contributed by atoms with Gasteiger partial charge < -0.3 is 5.32 Å². The van der Waals surface area contributed by atoms with Gasteiger partial charge in [0.05, 0.1) is 4.90 Å². The summed E-state index contributed by atoms with van der Waals surface area (Å²) in [6, 6.07) is 12.0. The van der Waals surface area contributed by atoms with Crippen molar-refractivity contribution in [3.05, 3.63) is 55.1 Å². The van der Waals surface area contributed by atoms with Gasteiger partial charge in [0.25, 0.3) is 0 Å². The summed E-state index contributed by atoms with van der Waals surface area (Å²) in [6.07, 6.45) is 2.80. The maximum Gasteiger partial charge on any atom is 0.243 e. The molecule has 6 heteroatoms. The zero-order chi connectivity index (χ0) is 17.2. The fraction of sp³-hybridized carbons (Fsp3) is 0.278. The molecule has 1 heterocycles. The van der Waals surface area contributed by atoms with Crippen LogP contribution in [0.15, 0.2) is 60.0 Å². The van der Waals surface area contributed by atoms with Crippen LogP contribution in [-0.4, -0.2) is 37.8 Å². The minimum Gasteiger partial charge on any atom is -0.351 e. The van der Waals surface area contributed by atoms with Crippen molar-refractivity contribution in [2.24, 2.45) is 0 Å². The molecule has 0 saturated carbocycles. The van der Waals surface area contributed by atoms with Crippen LogP contribution in [0.1, 0.15) is 12.8 Å². The second kappa shape index (κ2) is 6.75. The Morgan fingerprint density at radius 1 is 1.25 bits per heavy atom. The van der Waals surface area contributed by atoms with E-state index in [1.54, 1.807) is 24.3 Å². The number of hydrogen-bond donors (Lipinski definition) is 1. The van der Waals surface area contributed by atoms with Crippen molar-refractivity contribution in [1.29, 1.82) is 0 Å². The van der Waals surface area contributed by atoms with Gasteiger partial charge in [0.1, 0.15) is 6.04 Å². The normalized spacial score (nSPS) is 18.6. The molecule has 1 aliphatic rings. The summed E-state index contributed by atoms with van der Waals surface area (Å²) in [7, 11) is -3.70. The van der Waals surface area contributed by atoms with E-state index < -0.39 is 16.1 Å². The van der Waals surface area contributed by atoms with Gasteiger partial charge in [-0.15, -0.1) is 6.58 Å². The number of carbonyl (C=O) groups excluding carboxylic acids is 1. The molecule has 1 aliphatic heterocycles. The van der Waals surface area contributed by atoms with E-state index in [-0.39, 0.29) is 10.8 Å². The summed E-state index contributed by atoms with van der Waals surface area (Å²) < 4.78 is 27.3. The fourth-order valence-corrected chi connectivity index (χ4v) is 4.74. The van der Waals surface area contributed by atoms with Crippen molar-refractivity contribution in [2.45, 2.75) is 23.8 Å². The first-order valence-electron chi connectivity index (χ1n) is 7.93. The SMILES string of the molecule is C=CCNC(=O)C1CCCN1S(=O)(=O)c1ccc2ccccc2c1. The fourth-order valence-electron chi connectivity index (χ4n) is 3.04. The maximum absolute atomic E-state index is 13.0. The zero-order valence-corrected chi connectivity index (χ0v) is 14.1. The van der Waals surface area contributed by atoms with Crippen LogP contribution in [0.2, 0.25) is 0 Å². The standard InChI is InChI=1S/C18H20N2O3S/c1-2-11-19-18(21)17-8-5-12-20(17)24(22,23)16-10-9-14-6-3-4-7-15(14)13-16/h2-4,6-7,9-10,13,17H,1,5,8,11-12H2,(H,19,21). The van der Waals surface area contributed by atoms with Crippen LogP contribution in [0.25, 0.3) is 10.8 Å². The number of hydrogen-bond acceptors (Lipinski definition) is 3. The molecule has 1 amide bonds. The van der Waals surface area contributed by atoms with Gasteiger partial charge in [-0.25, -0.2) is 8.42 Å². The van der Waals surface area contributed by atoms with E-state index in [1.807, 2.05) is 24.3 Å². The molecule has 2 aromatic carbocycles. The van der Waals surface area contributed by atoms with Crippen molar-refractivity contribution in [1.82, 2.24) is 9.62 Å². The third kappa shape index (κ3) is 3.07. The van der Waals surface area contributed by atoms with E-state index >= 15 is 0 Å². The van der Waals surface area contributed by atoms with Crippen LogP contribution in [0.3, 0.4) is 0 Å². The summed E-state index contributed by atoms with van der Waals surface area (Å²) in [5.74, 6) is -0.267. The summed E-state index contributed by atoms with van der Waals surface area (Å²) in [6.45, 7) is 4.25. The van der Waals surface area contributed by atoms with Gasteiger partial charge in [-0.1, -0.05) is 36.4 Å². The number of sulfonamides is 1. The lowest BCUT2D eigenvalue weighted by molar-refractivity contribution is -0.123. The van der Waals surface area contributed by atoms with E-state index in [2.05, 4.69) is 11.9 Å². The highest BCUT2D eigenvalue weighted by Gasteiger charge is 2.39. The molecule has 0 radical (unpaired) electrons. The topological polar surface area (TPSA) is 66.5 Å². The van der Waals surface area contributed by atoms with Crippen LogP contribution in [0.5, 0.6) is 0 Å². The quantitative estimate of drug-likeness (QED) is 0.847. The Bertz CT molecular complexity index is 877. The Kier molecular flexibility index (Phi) is 4.69. The van der Waals surface area contributed by atoms with Crippen molar-refractivity contribution in [3.63, 3.8) is 0 Å². The van der Waals surface area contributed by atoms with Gasteiger partial charge >= 0.3 is 0 Å². The minimum atomic E-state index is -3.70. The van der Waals surface area contributed by atoms with Gasteiger partial charge in [-0.3, -0.25) is 4.79 Å². The molecule has 3 rings (SSSR count). The molecule has 1 saturated heterocycles. The number of benzene rings is 2. The second-order valence-corrected chi connectivity index (χ2v) is 7.71. The molecule has 0 bridgehead atoms. The number of amides is 1. The van der Waals surface area contributed by atoms with E-state index in [9.17, 15) is 13.2 Å². The van der Waals surface area contributed by atoms with E-state index in [0.717, 1.165) is 10.8 Å². The monoisotopic (exact) mass is 344 g/mol. The maximum atomic E-state index is 13.0. The average molecular weight is 344 g/mol. The third-order valence-electron chi connectivity index (χ3n) is 4.25. The van der Waals surface area contributed by atoms with Crippen LogP contribution in [0.4, 0.5) is 0 Å². The molecule has 1 atom stereocenters. The predicted octanol–water partition coefficient (Wildman–Crippen LogP) is 2.30. The van der Waals surface area contributed by atoms with E-state index in [4.69, 9.17) is 0 Å². The Balaban J connectivity index is 1.92. The van der Waals surface area contributed by atoms with E-state index in [0.29, 0.717) is 25.9 Å². The third-order valence-corrected chi connectivity index (χ3v) is 6.16. The van der Waals surface area contributed by atoms with Crippen molar-refractivity contribution < 1.29 is 13.2 Å². The first kappa shape index (κ1) is 16.7. The molecular formula is C18H20N2O3S. The van der Waals surface area contributed by atoms with E-state index in [1.165, 1.54) is 4.31 Å². The molecule has 0 spiro atoms. The zero-order valence-electron chi connectivity index (χ0n) is 13.3. The highest BCUT2D eigenvalue weighted by Crippen LogP contribution is 2.28. The molecule has 0 aromatic heterocycles. The largest absolute Gasteiger partial charge is 0.351 e. The smallest absolute Gasteiger partial charge is 0.243 e. The summed E-state index contributed by atoms with van der Waals surface area (Å²) in [5.41, 5.74) is 0. The number of carbonyl (C=O) groups is 1. The summed E-state index contributed by atoms with van der Waals surface area (Å²) in [4.78, 5) is 12.5. The minimum absolute atomic E-state index is 0.227. The van der Waals surface area contributed by atoms with Crippen molar-refractivity contribution in [2.75, 3.05) is 13.1 Å². The number of nitrogens with zero attached hydrogens (tertiary/aromatic N) is 1. The predicted molar refractivity (Wildman–Crippen MR) is 94.1 cm³/mol. The second-order valence-electron chi connectivity index (χ2n) is 5.82. The number of rotatable bonds is 5. The lowest BCUT2D eigenvalue weighted by Crippen LogP contribution is -2.45. The Morgan fingerprint density at radius 2 is 2.00 bits per heavy atom. The average Bonchev–Trinajstić information content (AvgIpc) is 3.10. The molecule has 1 fully saturated rings. The van der Waals surface area contributed by atoms with Gasteiger partial charge in [0, 0.05) is 13.1 Å². The Morgan fingerprint density at radius 3 is 2.75 bits per heavy atom. The van der Waals surface area contributed by atoms with Crippen LogP contribution < -0.4 is 5.32 Å². The molecule has 1 unspecified atom stereocenters. The van der Waals surface area contributed by atoms with Gasteiger partial charge in [0.15, 0.2) is 0 Å². The summed E-state index contributed by atoms with van der Waals surface area (Å²) >= 11 is 0. The molecule has 2 aromatic rings. The lowest BCUT2D eigenvalue weighted by Gasteiger charge is -2.23. The molecular weight excluding hydrogens is 324 g/mol. The summed E-state index contributed by atoms with van der Waals surface area (Å²) in [5, 5.41) is 4.54. The molecule has 24 heavy (non-hydrogen) atoms. The molecule has 1 N–H and O–H groups in total. The highest BCUT2D eigenvalue weighted by molar-refractivity contribution is 7.89. The van der Waals surface area contributed by atoms with Crippen molar-refractivity contribution in [3.8, 4) is 0 Å². The van der Waals surface area contributed by atoms with Gasteiger partial charge in [0.2, 0.25) is 15.9 Å². The Labute approximate surface area is 142 Å². The van der Waals surface area contributed by atoms with Gasteiger partial charge in [-0.05, 0) is 35.7 Å².